The molecular weight excluding hydrogens is 206 g/mol. The molecule has 0 spiro atoms. The Labute approximate surface area is 85.4 Å². The first kappa shape index (κ1) is 9.30. The number of rotatable bonds is 1. The van der Waals surface area contributed by atoms with Crippen LogP contribution in [0.15, 0.2) is 12.1 Å². The fourth-order valence-corrected chi connectivity index (χ4v) is 1.69. The Morgan fingerprint density at radius 1 is 1.57 bits per heavy atom. The van der Waals surface area contributed by atoms with Gasteiger partial charge in [0.2, 0.25) is 0 Å². The molecule has 1 aromatic carbocycles. The van der Waals surface area contributed by atoms with Gasteiger partial charge in [-0.2, -0.15) is 0 Å². The van der Waals surface area contributed by atoms with Gasteiger partial charge in [0.25, 0.3) is 5.91 Å². The highest BCUT2D eigenvalue weighted by Crippen LogP contribution is 2.42. The van der Waals surface area contributed by atoms with Gasteiger partial charge in [0.05, 0.1) is 23.4 Å². The van der Waals surface area contributed by atoms with Crippen LogP contribution in [0.3, 0.4) is 0 Å². The van der Waals surface area contributed by atoms with E-state index in [2.05, 4.69) is 5.32 Å². The Morgan fingerprint density at radius 2 is 2.29 bits per heavy atom. The first-order valence-corrected chi connectivity index (χ1v) is 4.38. The molecule has 1 aliphatic rings. The number of halogens is 1. The average molecular weight is 214 g/mol. The summed E-state index contributed by atoms with van der Waals surface area (Å²) >= 11 is 5.85. The second kappa shape index (κ2) is 3.15. The Kier molecular flexibility index (Phi) is 2.09. The van der Waals surface area contributed by atoms with Crippen LogP contribution in [-0.4, -0.2) is 18.1 Å². The number of hydrogen-bond donors (Lipinski definition) is 2. The minimum atomic E-state index is -1.20. The average Bonchev–Trinajstić information content (AvgIpc) is 2.47. The molecule has 1 unspecified atom stereocenters. The number of methoxy groups -OCH3 is 1. The number of carbonyl (C=O) groups is 1. The van der Waals surface area contributed by atoms with E-state index in [0.717, 1.165) is 0 Å². The van der Waals surface area contributed by atoms with Crippen molar-refractivity contribution in [3.05, 3.63) is 22.7 Å². The molecular formula is C9H8ClNO3. The van der Waals surface area contributed by atoms with Crippen LogP contribution in [0.4, 0.5) is 5.69 Å². The lowest BCUT2D eigenvalue weighted by Crippen LogP contribution is -2.11. The summed E-state index contributed by atoms with van der Waals surface area (Å²) in [5.41, 5.74) is 0.841. The number of benzene rings is 1. The summed E-state index contributed by atoms with van der Waals surface area (Å²) in [4.78, 5) is 11.2. The number of amides is 1. The van der Waals surface area contributed by atoms with Gasteiger partial charge in [0.15, 0.2) is 6.10 Å². The molecule has 5 heteroatoms. The maximum Gasteiger partial charge on any atom is 0.258 e. The number of ether oxygens (including phenoxy) is 1. The molecule has 1 aromatic rings. The monoisotopic (exact) mass is 213 g/mol. The van der Waals surface area contributed by atoms with Crippen molar-refractivity contribution in [2.24, 2.45) is 0 Å². The molecule has 0 radical (unpaired) electrons. The van der Waals surface area contributed by atoms with Crippen LogP contribution < -0.4 is 10.1 Å². The standard InChI is InChI=1S/C9H8ClNO3/c1-14-5-3-2-4(10)7-6(5)8(12)9(13)11-7/h2-3,8,12H,1H3,(H,11,13). The van der Waals surface area contributed by atoms with E-state index in [-0.39, 0.29) is 0 Å². The molecule has 0 aromatic heterocycles. The number of carbonyl (C=O) groups excluding carboxylic acids is 1. The number of nitrogens with one attached hydrogen (secondary N) is 1. The minimum absolute atomic E-state index is 0.394. The quantitative estimate of drug-likeness (QED) is 0.740. The first-order chi connectivity index (χ1) is 6.65. The smallest absolute Gasteiger partial charge is 0.258 e. The van der Waals surface area contributed by atoms with Gasteiger partial charge in [-0.1, -0.05) is 11.6 Å². The highest BCUT2D eigenvalue weighted by Gasteiger charge is 2.33. The molecule has 14 heavy (non-hydrogen) atoms. The maximum atomic E-state index is 11.2. The lowest BCUT2D eigenvalue weighted by molar-refractivity contribution is -0.123. The van der Waals surface area contributed by atoms with E-state index >= 15 is 0 Å². The summed E-state index contributed by atoms with van der Waals surface area (Å²) in [6.45, 7) is 0. The van der Waals surface area contributed by atoms with Gasteiger partial charge in [0.1, 0.15) is 5.75 Å². The van der Waals surface area contributed by atoms with Crippen molar-refractivity contribution < 1.29 is 14.6 Å². The van der Waals surface area contributed by atoms with Crippen LogP contribution in [0, 0.1) is 0 Å². The van der Waals surface area contributed by atoms with Crippen LogP contribution in [0.25, 0.3) is 0 Å². The zero-order chi connectivity index (χ0) is 10.3. The molecule has 1 aliphatic heterocycles. The molecule has 0 bridgehead atoms. The molecule has 1 amide bonds. The molecule has 0 saturated heterocycles. The van der Waals surface area contributed by atoms with Crippen molar-refractivity contribution in [2.45, 2.75) is 6.10 Å². The zero-order valence-electron chi connectivity index (χ0n) is 7.37. The topological polar surface area (TPSA) is 58.6 Å². The van der Waals surface area contributed by atoms with Crippen molar-refractivity contribution in [3.63, 3.8) is 0 Å². The summed E-state index contributed by atoms with van der Waals surface area (Å²) in [5.74, 6) is -0.0262. The van der Waals surface area contributed by atoms with Gasteiger partial charge in [-0.15, -0.1) is 0 Å². The summed E-state index contributed by atoms with van der Waals surface area (Å²) in [6, 6.07) is 3.22. The molecule has 0 aliphatic carbocycles. The van der Waals surface area contributed by atoms with Gasteiger partial charge in [-0.3, -0.25) is 4.79 Å². The third-order valence-corrected chi connectivity index (χ3v) is 2.46. The van der Waals surface area contributed by atoms with Crippen molar-refractivity contribution in [1.29, 1.82) is 0 Å². The molecule has 2 rings (SSSR count). The summed E-state index contributed by atoms with van der Waals surface area (Å²) < 4.78 is 5.02. The fraction of sp³-hybridized carbons (Fsp3) is 0.222. The summed E-state index contributed by atoms with van der Waals surface area (Å²) in [5, 5.41) is 12.4. The number of aliphatic hydroxyl groups is 1. The van der Waals surface area contributed by atoms with Crippen molar-refractivity contribution in [1.82, 2.24) is 0 Å². The van der Waals surface area contributed by atoms with Crippen LogP contribution in [0.1, 0.15) is 11.7 Å². The molecule has 2 N–H and O–H groups in total. The van der Waals surface area contributed by atoms with Gasteiger partial charge in [0, 0.05) is 0 Å². The largest absolute Gasteiger partial charge is 0.496 e. The van der Waals surface area contributed by atoms with Crippen LogP contribution >= 0.6 is 11.6 Å². The van der Waals surface area contributed by atoms with Crippen molar-refractivity contribution >= 4 is 23.2 Å². The number of anilines is 1. The van der Waals surface area contributed by atoms with E-state index in [1.807, 2.05) is 0 Å². The van der Waals surface area contributed by atoms with Gasteiger partial charge in [-0.05, 0) is 12.1 Å². The summed E-state index contributed by atoms with van der Waals surface area (Å²) in [7, 11) is 1.47. The first-order valence-electron chi connectivity index (χ1n) is 4.00. The van der Waals surface area contributed by atoms with E-state index in [1.165, 1.54) is 7.11 Å². The minimum Gasteiger partial charge on any atom is -0.496 e. The van der Waals surface area contributed by atoms with Gasteiger partial charge in [-0.25, -0.2) is 0 Å². The van der Waals surface area contributed by atoms with Crippen LogP contribution in [-0.2, 0) is 4.79 Å². The second-order valence-corrected chi connectivity index (χ2v) is 3.34. The second-order valence-electron chi connectivity index (χ2n) is 2.93. The number of fused-ring (bicyclic) bond motifs is 1. The van der Waals surface area contributed by atoms with Gasteiger partial charge >= 0.3 is 0 Å². The Hall–Kier alpha value is -1.26. The molecule has 1 atom stereocenters. The lowest BCUT2D eigenvalue weighted by Gasteiger charge is -2.08. The van der Waals surface area contributed by atoms with E-state index in [0.29, 0.717) is 22.0 Å². The van der Waals surface area contributed by atoms with Crippen LogP contribution in [0.5, 0.6) is 5.75 Å². The third kappa shape index (κ3) is 1.15. The molecule has 4 nitrogen and oxygen atoms in total. The Morgan fingerprint density at radius 3 is 2.93 bits per heavy atom. The zero-order valence-corrected chi connectivity index (χ0v) is 8.13. The highest BCUT2D eigenvalue weighted by atomic mass is 35.5. The SMILES string of the molecule is COc1ccc(Cl)c2c1C(O)C(=O)N2. The lowest BCUT2D eigenvalue weighted by atomic mass is 10.1. The maximum absolute atomic E-state index is 11.2. The predicted molar refractivity (Wildman–Crippen MR) is 51.6 cm³/mol. The third-order valence-electron chi connectivity index (χ3n) is 2.14. The molecule has 0 fully saturated rings. The molecule has 1 heterocycles. The van der Waals surface area contributed by atoms with E-state index in [1.54, 1.807) is 12.1 Å². The predicted octanol–water partition coefficient (Wildman–Crippen LogP) is 1.33. The summed E-state index contributed by atoms with van der Waals surface area (Å²) in [6.07, 6.45) is -1.20. The van der Waals surface area contributed by atoms with Gasteiger partial charge < -0.3 is 15.2 Å². The Bertz CT molecular complexity index is 405. The highest BCUT2D eigenvalue weighted by molar-refractivity contribution is 6.34. The Balaban J connectivity index is 2.64. The van der Waals surface area contributed by atoms with E-state index in [9.17, 15) is 9.90 Å². The fourth-order valence-electron chi connectivity index (χ4n) is 1.47. The van der Waals surface area contributed by atoms with Crippen molar-refractivity contribution in [2.75, 3.05) is 12.4 Å². The number of aliphatic hydroxyl groups excluding tert-OH is 1. The van der Waals surface area contributed by atoms with Crippen LogP contribution in [0.2, 0.25) is 5.02 Å². The molecule has 74 valence electrons. The van der Waals surface area contributed by atoms with Crippen molar-refractivity contribution in [3.8, 4) is 5.75 Å². The van der Waals surface area contributed by atoms with E-state index < -0.39 is 12.0 Å². The van der Waals surface area contributed by atoms with E-state index in [4.69, 9.17) is 16.3 Å². The molecule has 0 saturated carbocycles. The number of hydrogen-bond acceptors (Lipinski definition) is 3. The normalized spacial score (nSPS) is 19.1.